The molecule has 0 bridgehead atoms. The number of imide groups is 1. The van der Waals surface area contributed by atoms with Gasteiger partial charge in [-0.2, -0.15) is 0 Å². The number of nitrogens with two attached hydrogens (primary N) is 1. The fourth-order valence-electron chi connectivity index (χ4n) is 1.37. The highest BCUT2D eigenvalue weighted by atomic mass is 32.2. The zero-order chi connectivity index (χ0) is 9.84. The highest BCUT2D eigenvalue weighted by Crippen LogP contribution is 2.16. The number of carbonyl (C=O) groups is 2. The first-order chi connectivity index (χ1) is 6.20. The predicted molar refractivity (Wildman–Crippen MR) is 52.3 cm³/mol. The van der Waals surface area contributed by atoms with Crippen LogP contribution in [0.25, 0.3) is 0 Å². The second kappa shape index (κ2) is 4.62. The number of amides is 2. The molecule has 1 aliphatic rings. The van der Waals surface area contributed by atoms with Gasteiger partial charge in [0.1, 0.15) is 0 Å². The minimum atomic E-state index is -0.110. The first-order valence-electron chi connectivity index (χ1n) is 4.33. The van der Waals surface area contributed by atoms with Gasteiger partial charge in [-0.1, -0.05) is 6.92 Å². The molecule has 0 spiro atoms. The molecule has 0 radical (unpaired) electrons. The van der Waals surface area contributed by atoms with Crippen molar-refractivity contribution in [2.24, 2.45) is 5.73 Å². The Hall–Kier alpha value is -0.550. The fourth-order valence-corrected chi connectivity index (χ4v) is 2.10. The summed E-state index contributed by atoms with van der Waals surface area (Å²) in [4.78, 5) is 24.1. The average Bonchev–Trinajstić information content (AvgIpc) is 2.11. The third kappa shape index (κ3) is 2.22. The van der Waals surface area contributed by atoms with Gasteiger partial charge in [-0.05, 0) is 6.42 Å². The smallest absolute Gasteiger partial charge is 0.239 e. The molecular formula is C8H14N2O2S. The van der Waals surface area contributed by atoms with Gasteiger partial charge >= 0.3 is 0 Å². The molecule has 74 valence electrons. The molecule has 0 aliphatic carbocycles. The Balaban J connectivity index is 2.72. The molecule has 2 N–H and O–H groups in total. The number of thioether (sulfide) groups is 1. The number of hydrogen-bond acceptors (Lipinski definition) is 4. The van der Waals surface area contributed by atoms with Crippen LogP contribution in [0.2, 0.25) is 0 Å². The van der Waals surface area contributed by atoms with Gasteiger partial charge in [0.15, 0.2) is 0 Å². The Bertz CT molecular complexity index is 200. The van der Waals surface area contributed by atoms with Gasteiger partial charge in [-0.25, -0.2) is 0 Å². The highest BCUT2D eigenvalue weighted by Gasteiger charge is 2.30. The van der Waals surface area contributed by atoms with E-state index in [1.165, 1.54) is 16.7 Å². The Morgan fingerprint density at radius 3 is 2.38 bits per heavy atom. The summed E-state index contributed by atoms with van der Waals surface area (Å²) >= 11 is 1.37. The summed E-state index contributed by atoms with van der Waals surface area (Å²) in [5.41, 5.74) is 5.49. The third-order valence-electron chi connectivity index (χ3n) is 2.10. The lowest BCUT2D eigenvalue weighted by Crippen LogP contribution is -2.51. The first kappa shape index (κ1) is 10.5. The van der Waals surface area contributed by atoms with Crippen molar-refractivity contribution in [3.05, 3.63) is 0 Å². The van der Waals surface area contributed by atoms with Crippen molar-refractivity contribution in [3.8, 4) is 0 Å². The minimum Gasteiger partial charge on any atom is -0.328 e. The Morgan fingerprint density at radius 1 is 1.46 bits per heavy atom. The van der Waals surface area contributed by atoms with E-state index in [2.05, 4.69) is 0 Å². The fraction of sp³-hybridized carbons (Fsp3) is 0.750. The quantitative estimate of drug-likeness (QED) is 0.645. The number of rotatable bonds is 3. The maximum absolute atomic E-state index is 11.4. The molecule has 0 aromatic rings. The molecule has 1 fully saturated rings. The molecule has 1 unspecified atom stereocenters. The standard InChI is InChI=1S/C8H14N2O2S/c1-2-6(3-9)10-7(11)4-13-5-8(10)12/h6H,2-5,9H2,1H3. The van der Waals surface area contributed by atoms with Crippen molar-refractivity contribution in [3.63, 3.8) is 0 Å². The molecule has 5 heteroatoms. The summed E-state index contributed by atoms with van der Waals surface area (Å²) in [6, 6.07) is -0.110. The highest BCUT2D eigenvalue weighted by molar-refractivity contribution is 8.00. The minimum absolute atomic E-state index is 0.0986. The topological polar surface area (TPSA) is 63.4 Å². The SMILES string of the molecule is CCC(CN)N1C(=O)CSCC1=O. The lowest BCUT2D eigenvalue weighted by molar-refractivity contribution is -0.144. The van der Waals surface area contributed by atoms with E-state index >= 15 is 0 Å². The van der Waals surface area contributed by atoms with E-state index in [1.54, 1.807) is 0 Å². The Kier molecular flexibility index (Phi) is 3.74. The molecule has 1 saturated heterocycles. The third-order valence-corrected chi connectivity index (χ3v) is 3.00. The number of carbonyl (C=O) groups excluding carboxylic acids is 2. The van der Waals surface area contributed by atoms with Crippen molar-refractivity contribution in [1.82, 2.24) is 4.90 Å². The molecule has 0 aromatic heterocycles. The summed E-state index contributed by atoms with van der Waals surface area (Å²) in [6.45, 7) is 2.29. The van der Waals surface area contributed by atoms with Crippen LogP contribution in [0.4, 0.5) is 0 Å². The molecule has 1 rings (SSSR count). The number of hydrogen-bond donors (Lipinski definition) is 1. The average molecular weight is 202 g/mol. The molecule has 1 heterocycles. The van der Waals surface area contributed by atoms with E-state index in [0.717, 1.165) is 6.42 Å². The summed E-state index contributed by atoms with van der Waals surface area (Å²) in [6.07, 6.45) is 0.735. The second-order valence-corrected chi connectivity index (χ2v) is 3.93. The summed E-state index contributed by atoms with van der Waals surface area (Å²) in [5, 5.41) is 0. The molecule has 4 nitrogen and oxygen atoms in total. The molecule has 0 aromatic carbocycles. The van der Waals surface area contributed by atoms with Crippen LogP contribution in [0.15, 0.2) is 0 Å². The monoisotopic (exact) mass is 202 g/mol. The van der Waals surface area contributed by atoms with Crippen molar-refractivity contribution in [2.45, 2.75) is 19.4 Å². The summed E-state index contributed by atoms with van der Waals surface area (Å²) in [7, 11) is 0. The van der Waals surface area contributed by atoms with Crippen LogP contribution in [-0.2, 0) is 9.59 Å². The van der Waals surface area contributed by atoms with E-state index in [1.807, 2.05) is 6.92 Å². The predicted octanol–water partition coefficient (Wildman–Crippen LogP) is -0.174. The van der Waals surface area contributed by atoms with Crippen molar-refractivity contribution >= 4 is 23.6 Å². The van der Waals surface area contributed by atoms with E-state index in [9.17, 15) is 9.59 Å². The molecule has 1 atom stereocenters. The van der Waals surface area contributed by atoms with Gasteiger partial charge in [0.2, 0.25) is 11.8 Å². The Morgan fingerprint density at radius 2 is 2.00 bits per heavy atom. The van der Waals surface area contributed by atoms with E-state index in [0.29, 0.717) is 18.1 Å². The Labute approximate surface area is 81.8 Å². The second-order valence-electron chi connectivity index (χ2n) is 2.95. The lowest BCUT2D eigenvalue weighted by Gasteiger charge is -2.31. The molecule has 13 heavy (non-hydrogen) atoms. The van der Waals surface area contributed by atoms with E-state index in [-0.39, 0.29) is 17.9 Å². The summed E-state index contributed by atoms with van der Waals surface area (Å²) < 4.78 is 0. The van der Waals surface area contributed by atoms with Gasteiger partial charge < -0.3 is 5.73 Å². The summed E-state index contributed by atoms with van der Waals surface area (Å²) in [5.74, 6) is 0.613. The zero-order valence-electron chi connectivity index (χ0n) is 7.66. The van der Waals surface area contributed by atoms with Crippen LogP contribution in [0.3, 0.4) is 0 Å². The van der Waals surface area contributed by atoms with Gasteiger partial charge in [0.25, 0.3) is 0 Å². The van der Waals surface area contributed by atoms with Crippen LogP contribution >= 0.6 is 11.8 Å². The van der Waals surface area contributed by atoms with Gasteiger partial charge in [-0.15, -0.1) is 11.8 Å². The van der Waals surface area contributed by atoms with Crippen LogP contribution in [0, 0.1) is 0 Å². The van der Waals surface area contributed by atoms with Crippen LogP contribution in [0.1, 0.15) is 13.3 Å². The van der Waals surface area contributed by atoms with Gasteiger partial charge in [-0.3, -0.25) is 14.5 Å². The zero-order valence-corrected chi connectivity index (χ0v) is 8.47. The van der Waals surface area contributed by atoms with Crippen LogP contribution in [-0.4, -0.2) is 40.8 Å². The van der Waals surface area contributed by atoms with Gasteiger partial charge in [0, 0.05) is 6.54 Å². The molecular weight excluding hydrogens is 188 g/mol. The maximum atomic E-state index is 11.4. The lowest BCUT2D eigenvalue weighted by atomic mass is 10.2. The number of nitrogens with zero attached hydrogens (tertiary/aromatic N) is 1. The van der Waals surface area contributed by atoms with E-state index in [4.69, 9.17) is 5.73 Å². The molecule has 0 saturated carbocycles. The largest absolute Gasteiger partial charge is 0.328 e. The molecule has 2 amide bonds. The maximum Gasteiger partial charge on any atom is 0.239 e. The van der Waals surface area contributed by atoms with Crippen LogP contribution < -0.4 is 5.73 Å². The van der Waals surface area contributed by atoms with Gasteiger partial charge in [0.05, 0.1) is 17.5 Å². The normalized spacial score (nSPS) is 20.6. The van der Waals surface area contributed by atoms with Crippen molar-refractivity contribution in [2.75, 3.05) is 18.1 Å². The van der Waals surface area contributed by atoms with Crippen molar-refractivity contribution < 1.29 is 9.59 Å². The van der Waals surface area contributed by atoms with E-state index < -0.39 is 0 Å². The molecule has 1 aliphatic heterocycles. The first-order valence-corrected chi connectivity index (χ1v) is 5.48. The van der Waals surface area contributed by atoms with Crippen molar-refractivity contribution in [1.29, 1.82) is 0 Å². The van der Waals surface area contributed by atoms with Crippen LogP contribution in [0.5, 0.6) is 0 Å².